The highest BCUT2D eigenvalue weighted by atomic mass is 35.5. The van der Waals surface area contributed by atoms with Crippen LogP contribution < -0.4 is 5.32 Å². The van der Waals surface area contributed by atoms with Crippen LogP contribution in [0.25, 0.3) is 0 Å². The molecule has 0 radical (unpaired) electrons. The van der Waals surface area contributed by atoms with Crippen LogP contribution in [-0.4, -0.2) is 48.5 Å². The second-order valence-corrected chi connectivity index (χ2v) is 11.2. The number of nitrogens with one attached hydrogen (secondary N) is 1. The Morgan fingerprint density at radius 3 is 2.52 bits per heavy atom. The predicted molar refractivity (Wildman–Crippen MR) is 151 cm³/mol. The summed E-state index contributed by atoms with van der Waals surface area (Å²) in [6.07, 6.45) is 0.965. The van der Waals surface area contributed by atoms with Gasteiger partial charge < -0.3 is 14.5 Å². The summed E-state index contributed by atoms with van der Waals surface area (Å²) in [7, 11) is 1.70. The molecule has 0 saturated carbocycles. The number of likely N-dealkylation sites (N-methyl/N-ethyl adjacent to an activating group) is 1. The number of rotatable bonds is 7. The van der Waals surface area contributed by atoms with Gasteiger partial charge in [0.05, 0.1) is 21.7 Å². The van der Waals surface area contributed by atoms with Gasteiger partial charge in [0.2, 0.25) is 5.91 Å². The van der Waals surface area contributed by atoms with Crippen molar-refractivity contribution in [1.29, 1.82) is 0 Å². The molecule has 1 spiro atoms. The topological polar surface area (TPSA) is 61.9 Å². The van der Waals surface area contributed by atoms with E-state index in [9.17, 15) is 18.4 Å². The van der Waals surface area contributed by atoms with Crippen LogP contribution in [0.2, 0.25) is 10.0 Å². The third-order valence-electron chi connectivity index (χ3n) is 7.72. The highest BCUT2D eigenvalue weighted by Gasteiger charge is 2.44. The molecule has 1 unspecified atom stereocenters. The second-order valence-electron chi connectivity index (χ2n) is 10.4. The predicted octanol–water partition coefficient (Wildman–Crippen LogP) is 6.96. The van der Waals surface area contributed by atoms with E-state index < -0.39 is 17.6 Å². The van der Waals surface area contributed by atoms with Gasteiger partial charge >= 0.3 is 6.09 Å². The Morgan fingerprint density at radius 2 is 1.80 bits per heavy atom. The summed E-state index contributed by atoms with van der Waals surface area (Å²) in [5.41, 5.74) is 1.77. The lowest BCUT2D eigenvalue weighted by Crippen LogP contribution is -2.48. The van der Waals surface area contributed by atoms with Crippen molar-refractivity contribution in [2.45, 2.75) is 37.3 Å². The largest absolute Gasteiger partial charge is 0.438 e. The number of fused-ring (bicyclic) bond motifs is 2. The average molecular weight is 588 g/mol. The number of halogens is 4. The van der Waals surface area contributed by atoms with Crippen molar-refractivity contribution in [1.82, 2.24) is 9.80 Å². The molecule has 2 amide bonds. The average Bonchev–Trinajstić information content (AvgIpc) is 2.92. The fourth-order valence-corrected chi connectivity index (χ4v) is 5.91. The Bertz CT molecular complexity index is 1430. The smallest absolute Gasteiger partial charge is 0.412 e. The van der Waals surface area contributed by atoms with Crippen molar-refractivity contribution >= 4 is 40.9 Å². The lowest BCUT2D eigenvalue weighted by Gasteiger charge is -2.44. The van der Waals surface area contributed by atoms with Crippen molar-refractivity contribution in [2.75, 3.05) is 32.0 Å². The Balaban J connectivity index is 1.30. The first kappa shape index (κ1) is 28.3. The maximum atomic E-state index is 14.1. The first-order valence-electron chi connectivity index (χ1n) is 13.1. The summed E-state index contributed by atoms with van der Waals surface area (Å²) < 4.78 is 33.5. The number of likely N-dealkylation sites (tertiary alicyclic amines) is 1. The minimum Gasteiger partial charge on any atom is -0.438 e. The van der Waals surface area contributed by atoms with Crippen LogP contribution in [0.1, 0.15) is 41.9 Å². The normalized spacial score (nSPS) is 17.1. The zero-order chi connectivity index (χ0) is 28.4. The van der Waals surface area contributed by atoms with E-state index in [0.717, 1.165) is 5.56 Å². The highest BCUT2D eigenvalue weighted by Crippen LogP contribution is 2.44. The van der Waals surface area contributed by atoms with Gasteiger partial charge in [0.1, 0.15) is 17.2 Å². The van der Waals surface area contributed by atoms with E-state index in [1.807, 2.05) is 0 Å². The molecule has 2 aliphatic heterocycles. The van der Waals surface area contributed by atoms with Gasteiger partial charge in [-0.3, -0.25) is 10.1 Å². The quantitative estimate of drug-likeness (QED) is 0.324. The molecular formula is C30H29Cl2F2N3O3. The van der Waals surface area contributed by atoms with E-state index in [1.165, 1.54) is 24.3 Å². The Kier molecular flexibility index (Phi) is 8.31. The summed E-state index contributed by atoms with van der Waals surface area (Å²) in [4.78, 5) is 29.7. The minimum absolute atomic E-state index is 0.118. The molecule has 3 aromatic carbocycles. The third-order valence-corrected chi connectivity index (χ3v) is 8.46. The summed E-state index contributed by atoms with van der Waals surface area (Å²) in [5.74, 6) is -1.36. The molecule has 10 heteroatoms. The summed E-state index contributed by atoms with van der Waals surface area (Å²) in [5, 5.41) is 3.42. The standard InChI is InChI=1S/C30H29Cl2F2N3O3/c1-36(18-19-3-2-4-21(33)15-19)28(38)23(20-5-7-25(31)26(32)16-20)9-12-37-13-10-30(11-14-37)24-17-22(34)6-8-27(24)35-29(39)40-30/h2-8,15-17,23H,9-14,18H2,1H3,(H,35,39). The Morgan fingerprint density at radius 1 is 1.05 bits per heavy atom. The number of hydrogen-bond donors (Lipinski definition) is 1. The molecule has 0 aromatic heterocycles. The Labute approximate surface area is 241 Å². The number of ether oxygens (including phenoxy) is 1. The maximum absolute atomic E-state index is 14.1. The van der Waals surface area contributed by atoms with Crippen molar-refractivity contribution < 1.29 is 23.1 Å². The maximum Gasteiger partial charge on any atom is 0.412 e. The van der Waals surface area contributed by atoms with E-state index in [1.54, 1.807) is 48.3 Å². The number of piperidine rings is 1. The highest BCUT2D eigenvalue weighted by molar-refractivity contribution is 6.42. The molecule has 1 saturated heterocycles. The first-order chi connectivity index (χ1) is 19.1. The number of benzene rings is 3. The van der Waals surface area contributed by atoms with Crippen LogP contribution in [0.4, 0.5) is 19.3 Å². The summed E-state index contributed by atoms with van der Waals surface area (Å²) >= 11 is 12.4. The van der Waals surface area contributed by atoms with Crippen molar-refractivity contribution in [3.63, 3.8) is 0 Å². The van der Waals surface area contributed by atoms with Gasteiger partial charge in [-0.15, -0.1) is 0 Å². The summed E-state index contributed by atoms with van der Waals surface area (Å²) in [6, 6.07) is 15.7. The van der Waals surface area contributed by atoms with Gasteiger partial charge in [0.25, 0.3) is 0 Å². The molecule has 0 aliphatic carbocycles. The van der Waals surface area contributed by atoms with Gasteiger partial charge in [-0.1, -0.05) is 41.4 Å². The monoisotopic (exact) mass is 587 g/mol. The van der Waals surface area contributed by atoms with Crippen molar-refractivity contribution in [3.8, 4) is 0 Å². The molecule has 1 atom stereocenters. The number of carbonyl (C=O) groups is 2. The van der Waals surface area contributed by atoms with Gasteiger partial charge in [0, 0.05) is 45.1 Å². The van der Waals surface area contributed by atoms with Crippen LogP contribution in [0.3, 0.4) is 0 Å². The first-order valence-corrected chi connectivity index (χ1v) is 13.9. The minimum atomic E-state index is -0.889. The molecule has 210 valence electrons. The Hall–Kier alpha value is -3.20. The van der Waals surface area contributed by atoms with Crippen LogP contribution in [0.15, 0.2) is 60.7 Å². The number of nitrogens with zero attached hydrogens (tertiary/aromatic N) is 2. The van der Waals surface area contributed by atoms with E-state index in [0.29, 0.717) is 65.8 Å². The number of anilines is 1. The molecule has 5 rings (SSSR count). The van der Waals surface area contributed by atoms with E-state index in [4.69, 9.17) is 27.9 Å². The molecule has 1 fully saturated rings. The zero-order valence-corrected chi connectivity index (χ0v) is 23.4. The van der Waals surface area contributed by atoms with E-state index >= 15 is 0 Å². The van der Waals surface area contributed by atoms with Gasteiger partial charge in [-0.05, 0) is 66.6 Å². The number of hydrogen-bond acceptors (Lipinski definition) is 4. The number of carbonyl (C=O) groups excluding carboxylic acids is 2. The lowest BCUT2D eigenvalue weighted by molar-refractivity contribution is -0.132. The molecule has 40 heavy (non-hydrogen) atoms. The van der Waals surface area contributed by atoms with E-state index in [-0.39, 0.29) is 24.1 Å². The molecule has 2 aliphatic rings. The van der Waals surface area contributed by atoms with Crippen LogP contribution in [-0.2, 0) is 21.7 Å². The molecule has 6 nitrogen and oxygen atoms in total. The van der Waals surface area contributed by atoms with E-state index in [2.05, 4.69) is 10.2 Å². The number of amides is 2. The fraction of sp³-hybridized carbons (Fsp3) is 0.333. The zero-order valence-electron chi connectivity index (χ0n) is 21.9. The molecule has 1 N–H and O–H groups in total. The molecular weight excluding hydrogens is 559 g/mol. The van der Waals surface area contributed by atoms with Gasteiger partial charge in [-0.25, -0.2) is 13.6 Å². The van der Waals surface area contributed by atoms with Crippen LogP contribution in [0, 0.1) is 11.6 Å². The molecule has 2 heterocycles. The SMILES string of the molecule is CN(Cc1cccc(F)c1)C(=O)C(CCN1CCC2(CC1)OC(=O)Nc1ccc(F)cc12)c1ccc(Cl)c(Cl)c1. The van der Waals surface area contributed by atoms with Crippen LogP contribution in [0.5, 0.6) is 0 Å². The fourth-order valence-electron chi connectivity index (χ4n) is 5.61. The molecule has 3 aromatic rings. The van der Waals surface area contributed by atoms with Crippen molar-refractivity contribution in [2.24, 2.45) is 0 Å². The summed E-state index contributed by atoms with van der Waals surface area (Å²) in [6.45, 7) is 2.06. The van der Waals surface area contributed by atoms with Gasteiger partial charge in [0.15, 0.2) is 0 Å². The second kappa shape index (κ2) is 11.7. The third kappa shape index (κ3) is 6.09. The van der Waals surface area contributed by atoms with Gasteiger partial charge in [-0.2, -0.15) is 0 Å². The lowest BCUT2D eigenvalue weighted by atomic mass is 9.82. The molecule has 0 bridgehead atoms. The van der Waals surface area contributed by atoms with Crippen molar-refractivity contribution in [3.05, 3.63) is 99.0 Å². The van der Waals surface area contributed by atoms with Crippen LogP contribution >= 0.6 is 23.2 Å².